The second-order valence-corrected chi connectivity index (χ2v) is 7.17. The highest BCUT2D eigenvalue weighted by molar-refractivity contribution is 7.80. The van der Waals surface area contributed by atoms with Crippen molar-refractivity contribution < 1.29 is 9.53 Å². The highest BCUT2D eigenvalue weighted by Gasteiger charge is 2.35. The molecule has 0 saturated carbocycles. The van der Waals surface area contributed by atoms with Crippen LogP contribution in [0.15, 0.2) is 53.2 Å². The first-order valence-corrected chi connectivity index (χ1v) is 9.31. The van der Waals surface area contributed by atoms with Gasteiger partial charge in [-0.05, 0) is 48.1 Å². The number of rotatable bonds is 3. The molecule has 0 N–H and O–H groups in total. The number of ether oxygens (including phenoxy) is 1. The largest absolute Gasteiger partial charge is 0.378 e. The first-order valence-electron chi connectivity index (χ1n) is 8.53. The Kier molecular flexibility index (Phi) is 4.89. The zero-order valence-corrected chi connectivity index (χ0v) is 15.7. The molecule has 3 aliphatic rings. The second kappa shape index (κ2) is 7.31. The summed E-state index contributed by atoms with van der Waals surface area (Å²) in [6, 6.07) is 7.41. The normalized spacial score (nSPS) is 22.9. The molecule has 26 heavy (non-hydrogen) atoms. The number of amides is 1. The molecule has 1 aliphatic carbocycles. The van der Waals surface area contributed by atoms with E-state index in [0.717, 1.165) is 24.4 Å². The fourth-order valence-electron chi connectivity index (χ4n) is 3.27. The van der Waals surface area contributed by atoms with Gasteiger partial charge in [0.05, 0.1) is 25.5 Å². The van der Waals surface area contributed by atoms with E-state index in [4.69, 9.17) is 28.6 Å². The zero-order valence-electron chi connectivity index (χ0n) is 14.1. The molecule has 2 heterocycles. The summed E-state index contributed by atoms with van der Waals surface area (Å²) < 4.78 is 5.41. The Labute approximate surface area is 162 Å². The number of carbonyl (C=O) groups excluding carboxylic acids is 1. The molecular formula is C19H18ClN3O2S. The summed E-state index contributed by atoms with van der Waals surface area (Å²) in [6.07, 6.45) is 5.90. The minimum atomic E-state index is -0.392. The van der Waals surface area contributed by atoms with Crippen LogP contribution in [0.4, 0.5) is 0 Å². The molecule has 0 bridgehead atoms. The Bertz CT molecular complexity index is 826. The Morgan fingerprint density at radius 2 is 1.92 bits per heavy atom. The monoisotopic (exact) mass is 387 g/mol. The van der Waals surface area contributed by atoms with Crippen LogP contribution >= 0.6 is 23.8 Å². The maximum atomic E-state index is 13.1. The van der Waals surface area contributed by atoms with Crippen molar-refractivity contribution in [3.8, 4) is 0 Å². The van der Waals surface area contributed by atoms with E-state index in [1.165, 1.54) is 0 Å². The Hall–Kier alpha value is -2.02. The molecule has 4 rings (SSSR count). The summed E-state index contributed by atoms with van der Waals surface area (Å²) in [4.78, 5) is 21.4. The number of aliphatic imine (C=N–C) groups is 1. The number of thiocarbonyl (C=S) groups is 1. The molecule has 0 aromatic heterocycles. The van der Waals surface area contributed by atoms with Crippen LogP contribution in [-0.2, 0) is 16.1 Å². The number of fused-ring (bicyclic) bond motifs is 1. The number of hydrogen-bond acceptors (Lipinski definition) is 4. The summed E-state index contributed by atoms with van der Waals surface area (Å²) in [5, 5.41) is 0.973. The molecule has 1 aromatic carbocycles. The van der Waals surface area contributed by atoms with Crippen LogP contribution in [0.2, 0.25) is 5.02 Å². The standard InChI is InChI=1S/C19H18ClN3O2S/c20-14-3-1-13(2-4-14)12-23-18(24)16-11-15(22-7-9-25-10-8-22)5-6-17(16)21-19(23)26/h1-6,11,16H,7-10,12H2. The fourth-order valence-corrected chi connectivity index (χ4v) is 3.66. The number of benzene rings is 1. The van der Waals surface area contributed by atoms with Gasteiger partial charge in [-0.2, -0.15) is 0 Å². The quantitative estimate of drug-likeness (QED) is 0.748. The molecule has 134 valence electrons. The highest BCUT2D eigenvalue weighted by atomic mass is 35.5. The van der Waals surface area contributed by atoms with E-state index in [1.54, 1.807) is 4.90 Å². The Balaban J connectivity index is 1.57. The Morgan fingerprint density at radius 1 is 1.19 bits per heavy atom. The molecule has 1 saturated heterocycles. The molecule has 1 amide bonds. The summed E-state index contributed by atoms with van der Waals surface area (Å²) in [6.45, 7) is 3.47. The maximum absolute atomic E-state index is 13.1. The second-order valence-electron chi connectivity index (χ2n) is 6.37. The predicted octanol–water partition coefficient (Wildman–Crippen LogP) is 2.81. The van der Waals surface area contributed by atoms with Gasteiger partial charge in [-0.25, -0.2) is 4.99 Å². The average Bonchev–Trinajstić information content (AvgIpc) is 2.67. The van der Waals surface area contributed by atoms with Gasteiger partial charge in [-0.15, -0.1) is 0 Å². The number of hydrogen-bond donors (Lipinski definition) is 0. The van der Waals surface area contributed by atoms with Gasteiger partial charge < -0.3 is 9.64 Å². The maximum Gasteiger partial charge on any atom is 0.242 e. The van der Waals surface area contributed by atoms with Crippen molar-refractivity contribution in [3.63, 3.8) is 0 Å². The highest BCUT2D eigenvalue weighted by Crippen LogP contribution is 2.26. The third-order valence-corrected chi connectivity index (χ3v) is 5.26. The van der Waals surface area contributed by atoms with Crippen molar-refractivity contribution in [2.75, 3.05) is 26.3 Å². The molecule has 1 unspecified atom stereocenters. The van der Waals surface area contributed by atoms with Gasteiger partial charge in [-0.3, -0.25) is 9.69 Å². The first-order chi connectivity index (χ1) is 12.6. The predicted molar refractivity (Wildman–Crippen MR) is 105 cm³/mol. The average molecular weight is 388 g/mol. The minimum Gasteiger partial charge on any atom is -0.378 e. The van der Waals surface area contributed by atoms with Crippen molar-refractivity contribution in [1.82, 2.24) is 9.80 Å². The topological polar surface area (TPSA) is 45.1 Å². The van der Waals surface area contributed by atoms with Crippen LogP contribution in [0.1, 0.15) is 5.56 Å². The van der Waals surface area contributed by atoms with E-state index in [1.807, 2.05) is 42.5 Å². The van der Waals surface area contributed by atoms with Gasteiger partial charge in [0, 0.05) is 23.8 Å². The van der Waals surface area contributed by atoms with Crippen molar-refractivity contribution in [2.45, 2.75) is 6.54 Å². The molecular weight excluding hydrogens is 370 g/mol. The summed E-state index contributed by atoms with van der Waals surface area (Å²) in [5.41, 5.74) is 2.72. The van der Waals surface area contributed by atoms with Crippen molar-refractivity contribution in [3.05, 3.63) is 58.8 Å². The number of morpholine rings is 1. The number of carbonyl (C=O) groups is 1. The van der Waals surface area contributed by atoms with E-state index in [2.05, 4.69) is 9.89 Å². The van der Waals surface area contributed by atoms with E-state index >= 15 is 0 Å². The lowest BCUT2D eigenvalue weighted by atomic mass is 9.93. The van der Waals surface area contributed by atoms with Crippen LogP contribution in [0.25, 0.3) is 0 Å². The van der Waals surface area contributed by atoms with E-state index in [-0.39, 0.29) is 5.91 Å². The lowest BCUT2D eigenvalue weighted by Crippen LogP contribution is -2.46. The van der Waals surface area contributed by atoms with E-state index in [9.17, 15) is 4.79 Å². The molecule has 0 radical (unpaired) electrons. The van der Waals surface area contributed by atoms with Crippen LogP contribution in [0, 0.1) is 5.92 Å². The Morgan fingerprint density at radius 3 is 2.65 bits per heavy atom. The molecule has 2 aliphatic heterocycles. The van der Waals surface area contributed by atoms with Gasteiger partial charge >= 0.3 is 0 Å². The molecule has 1 aromatic rings. The van der Waals surface area contributed by atoms with Crippen LogP contribution in [0.5, 0.6) is 0 Å². The lowest BCUT2D eigenvalue weighted by molar-refractivity contribution is -0.129. The molecule has 7 heteroatoms. The number of halogens is 1. The lowest BCUT2D eigenvalue weighted by Gasteiger charge is -2.35. The third-order valence-electron chi connectivity index (χ3n) is 4.70. The van der Waals surface area contributed by atoms with Crippen molar-refractivity contribution in [1.29, 1.82) is 0 Å². The van der Waals surface area contributed by atoms with E-state index in [0.29, 0.717) is 35.6 Å². The summed E-state index contributed by atoms with van der Waals surface area (Å²) in [7, 11) is 0. The van der Waals surface area contributed by atoms with Crippen molar-refractivity contribution >= 4 is 40.6 Å². The zero-order chi connectivity index (χ0) is 18.1. The van der Waals surface area contributed by atoms with Crippen LogP contribution in [-0.4, -0.2) is 52.8 Å². The smallest absolute Gasteiger partial charge is 0.242 e. The van der Waals surface area contributed by atoms with Crippen LogP contribution in [0.3, 0.4) is 0 Å². The van der Waals surface area contributed by atoms with Gasteiger partial charge in [0.1, 0.15) is 5.92 Å². The summed E-state index contributed by atoms with van der Waals surface area (Å²) >= 11 is 11.3. The number of nitrogens with zero attached hydrogens (tertiary/aromatic N) is 3. The first kappa shape index (κ1) is 17.4. The molecule has 5 nitrogen and oxygen atoms in total. The van der Waals surface area contributed by atoms with Gasteiger partial charge in [0.25, 0.3) is 0 Å². The van der Waals surface area contributed by atoms with Crippen molar-refractivity contribution in [2.24, 2.45) is 10.9 Å². The SMILES string of the molecule is O=C1C2C=C(N3CCOCC3)C=CC2=NC(=S)N1Cc1ccc(Cl)cc1. The third kappa shape index (κ3) is 3.45. The van der Waals surface area contributed by atoms with Gasteiger partial charge in [0.15, 0.2) is 0 Å². The van der Waals surface area contributed by atoms with Crippen LogP contribution < -0.4 is 0 Å². The summed E-state index contributed by atoms with van der Waals surface area (Å²) in [5.74, 6) is -0.429. The fraction of sp³-hybridized carbons (Fsp3) is 0.316. The molecule has 1 atom stereocenters. The minimum absolute atomic E-state index is 0.0370. The molecule has 0 spiro atoms. The van der Waals surface area contributed by atoms with E-state index < -0.39 is 5.92 Å². The van der Waals surface area contributed by atoms with Gasteiger partial charge in [0.2, 0.25) is 11.0 Å². The number of allylic oxidation sites excluding steroid dienone is 2. The van der Waals surface area contributed by atoms with Gasteiger partial charge in [-0.1, -0.05) is 23.7 Å². The molecule has 1 fully saturated rings.